The fourth-order valence-electron chi connectivity index (χ4n) is 0.786. The molecule has 9 heteroatoms. The van der Waals surface area contributed by atoms with Gasteiger partial charge in [0.25, 0.3) is 9.05 Å². The first kappa shape index (κ1) is 13.1. The number of benzene rings is 1. The van der Waals surface area contributed by atoms with Crippen molar-refractivity contribution in [1.29, 1.82) is 0 Å². The van der Waals surface area contributed by atoms with Crippen LogP contribution in [0.25, 0.3) is 0 Å². The molecule has 0 amide bonds. The molecule has 1 aromatic rings. The smallest absolute Gasteiger partial charge is 0.422 e. The van der Waals surface area contributed by atoms with Gasteiger partial charge in [0, 0.05) is 33.2 Å². The highest BCUT2D eigenvalue weighted by molar-refractivity contribution is 8.13. The van der Waals surface area contributed by atoms with Crippen molar-refractivity contribution in [2.45, 2.75) is 4.90 Å². The van der Waals surface area contributed by atoms with Crippen molar-refractivity contribution in [3.05, 3.63) is 24.3 Å². The minimum Gasteiger partial charge on any atom is -0.422 e. The Morgan fingerprint density at radius 2 is 1.60 bits per heavy atom. The molecule has 0 saturated carbocycles. The van der Waals surface area contributed by atoms with E-state index in [-0.39, 0.29) is 10.6 Å². The normalized spacial score (nSPS) is 12.5. The largest absolute Gasteiger partial charge is 0.428 e. The van der Waals surface area contributed by atoms with Crippen molar-refractivity contribution >= 4 is 48.3 Å². The molecular weight excluding hydrogens is 305 g/mol. The van der Waals surface area contributed by atoms with Crippen LogP contribution >= 0.6 is 39.2 Å². The van der Waals surface area contributed by atoms with E-state index in [1.807, 2.05) is 0 Å². The molecule has 15 heavy (non-hydrogen) atoms. The Labute approximate surface area is 101 Å². The SMILES string of the molecule is O=P(Cl)(Cl)Oc1ccc(S(=O)(=O)Cl)cc1. The van der Waals surface area contributed by atoms with Crippen LogP contribution in [0.3, 0.4) is 0 Å². The zero-order valence-electron chi connectivity index (χ0n) is 6.93. The van der Waals surface area contributed by atoms with E-state index in [9.17, 15) is 13.0 Å². The second-order valence-corrected chi connectivity index (χ2v) is 9.18. The van der Waals surface area contributed by atoms with Crippen molar-refractivity contribution in [3.8, 4) is 5.75 Å². The third-order valence-electron chi connectivity index (χ3n) is 1.32. The Balaban J connectivity index is 2.97. The molecule has 84 valence electrons. The summed E-state index contributed by atoms with van der Waals surface area (Å²) in [6.45, 7) is 0. The Morgan fingerprint density at radius 3 is 1.93 bits per heavy atom. The summed E-state index contributed by atoms with van der Waals surface area (Å²) < 4.78 is 37.1. The lowest BCUT2D eigenvalue weighted by atomic mass is 10.3. The van der Waals surface area contributed by atoms with Crippen molar-refractivity contribution < 1.29 is 17.5 Å². The molecular formula is C6H4Cl3O4PS. The highest BCUT2D eigenvalue weighted by atomic mass is 35.9. The number of rotatable bonds is 3. The van der Waals surface area contributed by atoms with Gasteiger partial charge in [0.15, 0.2) is 0 Å². The maximum atomic E-state index is 10.8. The van der Waals surface area contributed by atoms with Gasteiger partial charge in [-0.05, 0) is 24.3 Å². The van der Waals surface area contributed by atoms with E-state index < -0.39 is 15.1 Å². The molecule has 0 fully saturated rings. The van der Waals surface area contributed by atoms with Crippen molar-refractivity contribution in [2.24, 2.45) is 0 Å². The van der Waals surface area contributed by atoms with Gasteiger partial charge >= 0.3 is 6.07 Å². The minimum atomic E-state index is -3.78. The van der Waals surface area contributed by atoms with Crippen molar-refractivity contribution in [2.75, 3.05) is 0 Å². The van der Waals surface area contributed by atoms with Crippen LogP contribution in [0.2, 0.25) is 0 Å². The molecule has 0 spiro atoms. The number of halogens is 3. The number of hydrogen-bond acceptors (Lipinski definition) is 4. The van der Waals surface area contributed by atoms with Crippen LogP contribution in [0.1, 0.15) is 0 Å². The summed E-state index contributed by atoms with van der Waals surface area (Å²) >= 11 is 10.3. The van der Waals surface area contributed by atoms with Gasteiger partial charge in [-0.1, -0.05) is 0 Å². The quantitative estimate of drug-likeness (QED) is 0.632. The van der Waals surface area contributed by atoms with Crippen molar-refractivity contribution in [1.82, 2.24) is 0 Å². The summed E-state index contributed by atoms with van der Waals surface area (Å²) in [5, 5.41) is 0. The van der Waals surface area contributed by atoms with E-state index in [1.165, 1.54) is 24.3 Å². The molecule has 0 aromatic heterocycles. The highest BCUT2D eigenvalue weighted by Gasteiger charge is 2.16. The Morgan fingerprint density at radius 1 is 1.13 bits per heavy atom. The molecule has 0 aliphatic heterocycles. The predicted octanol–water partition coefficient (Wildman–Crippen LogP) is 3.58. The lowest BCUT2D eigenvalue weighted by Gasteiger charge is -2.05. The Hall–Kier alpha value is 0.0700. The van der Waals surface area contributed by atoms with Crippen molar-refractivity contribution in [3.63, 3.8) is 0 Å². The molecule has 0 atom stereocenters. The molecule has 0 aliphatic rings. The topological polar surface area (TPSA) is 60.4 Å². The zero-order chi connectivity index (χ0) is 11.7. The Kier molecular flexibility index (Phi) is 3.95. The van der Waals surface area contributed by atoms with Crippen LogP contribution in [0.15, 0.2) is 29.2 Å². The number of hydrogen-bond donors (Lipinski definition) is 0. The van der Waals surface area contributed by atoms with E-state index in [2.05, 4.69) is 4.52 Å². The van der Waals surface area contributed by atoms with Gasteiger partial charge in [0.1, 0.15) is 5.75 Å². The lowest BCUT2D eigenvalue weighted by Crippen LogP contribution is -1.90. The van der Waals surface area contributed by atoms with Crippen LogP contribution in [-0.2, 0) is 13.6 Å². The average molecular weight is 309 g/mol. The predicted molar refractivity (Wildman–Crippen MR) is 59.4 cm³/mol. The monoisotopic (exact) mass is 308 g/mol. The highest BCUT2D eigenvalue weighted by Crippen LogP contribution is 2.57. The molecule has 0 saturated heterocycles. The fraction of sp³-hybridized carbons (Fsp3) is 0. The summed E-state index contributed by atoms with van der Waals surface area (Å²) in [7, 11) is 1.29. The minimum absolute atomic E-state index is 0.0902. The molecule has 0 aliphatic carbocycles. The summed E-state index contributed by atoms with van der Waals surface area (Å²) in [5.41, 5.74) is 0. The van der Waals surface area contributed by atoms with Gasteiger partial charge < -0.3 is 4.52 Å². The van der Waals surface area contributed by atoms with Gasteiger partial charge in [-0.3, -0.25) is 0 Å². The Bertz CT molecular complexity index is 492. The van der Waals surface area contributed by atoms with Gasteiger partial charge in [-0.25, -0.2) is 13.0 Å². The first-order valence-electron chi connectivity index (χ1n) is 3.42. The van der Waals surface area contributed by atoms with Crippen LogP contribution in [0.5, 0.6) is 5.75 Å². The first-order valence-corrected chi connectivity index (χ1v) is 9.16. The van der Waals surface area contributed by atoms with Crippen LogP contribution in [0.4, 0.5) is 0 Å². The first-order chi connectivity index (χ1) is 6.68. The van der Waals surface area contributed by atoms with E-state index in [0.717, 1.165) is 0 Å². The lowest BCUT2D eigenvalue weighted by molar-refractivity contribution is 0.513. The summed E-state index contributed by atoms with van der Waals surface area (Å²) in [6.07, 6.45) is -3.68. The van der Waals surface area contributed by atoms with E-state index in [4.69, 9.17) is 33.2 Å². The summed E-state index contributed by atoms with van der Waals surface area (Å²) in [5.74, 6) is 0.0902. The molecule has 1 aromatic carbocycles. The van der Waals surface area contributed by atoms with Crippen LogP contribution < -0.4 is 4.52 Å². The molecule has 0 heterocycles. The maximum Gasteiger partial charge on any atom is 0.428 e. The third kappa shape index (κ3) is 4.62. The van der Waals surface area contributed by atoms with E-state index in [0.29, 0.717) is 0 Å². The van der Waals surface area contributed by atoms with Gasteiger partial charge in [-0.2, -0.15) is 0 Å². The van der Waals surface area contributed by atoms with Crippen LogP contribution in [0, 0.1) is 0 Å². The molecule has 4 nitrogen and oxygen atoms in total. The van der Waals surface area contributed by atoms with Gasteiger partial charge in [-0.15, -0.1) is 0 Å². The van der Waals surface area contributed by atoms with Gasteiger partial charge in [0.05, 0.1) is 4.90 Å². The second-order valence-electron chi connectivity index (χ2n) is 2.41. The third-order valence-corrected chi connectivity index (χ3v) is 3.52. The summed E-state index contributed by atoms with van der Waals surface area (Å²) in [4.78, 5) is -0.101. The molecule has 0 unspecified atom stereocenters. The zero-order valence-corrected chi connectivity index (χ0v) is 10.9. The molecule has 0 N–H and O–H groups in total. The molecule has 1 rings (SSSR count). The van der Waals surface area contributed by atoms with Gasteiger partial charge in [0.2, 0.25) is 0 Å². The van der Waals surface area contributed by atoms with E-state index >= 15 is 0 Å². The second kappa shape index (κ2) is 4.52. The maximum absolute atomic E-state index is 10.8. The van der Waals surface area contributed by atoms with E-state index in [1.54, 1.807) is 0 Å². The molecule has 0 radical (unpaired) electrons. The fourth-order valence-corrected chi connectivity index (χ4v) is 2.40. The average Bonchev–Trinajstić information content (AvgIpc) is 2.00. The standard InChI is InChI=1S/C6H4Cl3O4PS/c7-14(8,10)13-5-1-3-6(4-2-5)15(9,11)12/h1-4H. The van der Waals surface area contributed by atoms with Crippen LogP contribution in [-0.4, -0.2) is 8.42 Å². The molecule has 0 bridgehead atoms. The summed E-state index contributed by atoms with van der Waals surface area (Å²) in [6, 6.07) is 4.85.